The van der Waals surface area contributed by atoms with Crippen LogP contribution in [0.15, 0.2) is 40.8 Å². The highest BCUT2D eigenvalue weighted by Gasteiger charge is 2.38. The van der Waals surface area contributed by atoms with Crippen molar-refractivity contribution >= 4 is 29.4 Å². The summed E-state index contributed by atoms with van der Waals surface area (Å²) in [5, 5.41) is 9.04. The third-order valence-electron chi connectivity index (χ3n) is 4.87. The fourth-order valence-corrected chi connectivity index (χ4v) is 3.33. The maximum Gasteiger partial charge on any atom is 0.323 e. The third-order valence-corrected chi connectivity index (χ3v) is 4.87. The molecule has 0 saturated heterocycles. The highest BCUT2D eigenvalue weighted by molar-refractivity contribution is 6.34. The van der Waals surface area contributed by atoms with Gasteiger partial charge < -0.3 is 9.52 Å². The number of fused-ring (bicyclic) bond motifs is 1. The standard InChI is InChI=1S/C20H17NO5/c1-11-8-15(11)17-7-6-12(26-17)9-16-13-4-2-3-5-14(13)19(24)21(20(16)25)10-18(22)23/h2-7,9,11,15H,8,10H2,1H3,(H,22,23)/b16-9-/t11-,15-/m1/s1. The molecule has 2 atom stereocenters. The van der Waals surface area contributed by atoms with Crippen molar-refractivity contribution in [2.24, 2.45) is 5.92 Å². The molecule has 132 valence electrons. The number of rotatable bonds is 4. The van der Waals surface area contributed by atoms with Crippen molar-refractivity contribution in [1.82, 2.24) is 4.90 Å². The first-order chi connectivity index (χ1) is 12.5. The molecule has 2 aliphatic rings. The van der Waals surface area contributed by atoms with Gasteiger partial charge in [-0.1, -0.05) is 25.1 Å². The quantitative estimate of drug-likeness (QED) is 0.676. The number of carbonyl (C=O) groups excluding carboxylic acids is 2. The van der Waals surface area contributed by atoms with Gasteiger partial charge in [-0.05, 0) is 36.6 Å². The monoisotopic (exact) mass is 351 g/mol. The van der Waals surface area contributed by atoms with E-state index in [1.807, 2.05) is 6.07 Å². The topological polar surface area (TPSA) is 87.8 Å². The lowest BCUT2D eigenvalue weighted by atomic mass is 9.93. The molecule has 2 heterocycles. The minimum Gasteiger partial charge on any atom is -0.480 e. The van der Waals surface area contributed by atoms with Crippen LogP contribution in [0.2, 0.25) is 0 Å². The van der Waals surface area contributed by atoms with Gasteiger partial charge in [-0.3, -0.25) is 19.3 Å². The molecule has 0 bridgehead atoms. The van der Waals surface area contributed by atoms with Crippen LogP contribution in [0.3, 0.4) is 0 Å². The van der Waals surface area contributed by atoms with Crippen molar-refractivity contribution in [2.45, 2.75) is 19.3 Å². The molecule has 0 radical (unpaired) electrons. The third kappa shape index (κ3) is 2.73. The highest BCUT2D eigenvalue weighted by atomic mass is 16.4. The molecule has 1 aromatic carbocycles. The van der Waals surface area contributed by atoms with Gasteiger partial charge in [0.2, 0.25) is 0 Å². The fraction of sp³-hybridized carbons (Fsp3) is 0.250. The molecule has 2 amide bonds. The van der Waals surface area contributed by atoms with Gasteiger partial charge in [-0.15, -0.1) is 0 Å². The second-order valence-corrected chi connectivity index (χ2v) is 6.75. The van der Waals surface area contributed by atoms with Gasteiger partial charge in [0.15, 0.2) is 0 Å². The molecule has 0 spiro atoms. The normalized spacial score (nSPS) is 23.3. The van der Waals surface area contributed by atoms with E-state index in [-0.39, 0.29) is 5.57 Å². The molecule has 1 aliphatic carbocycles. The summed E-state index contributed by atoms with van der Waals surface area (Å²) >= 11 is 0. The van der Waals surface area contributed by atoms with Crippen molar-refractivity contribution in [1.29, 1.82) is 0 Å². The number of carboxylic acids is 1. The van der Waals surface area contributed by atoms with Crippen LogP contribution in [0.1, 0.15) is 46.7 Å². The van der Waals surface area contributed by atoms with E-state index in [1.165, 1.54) is 0 Å². The van der Waals surface area contributed by atoms with Gasteiger partial charge >= 0.3 is 5.97 Å². The van der Waals surface area contributed by atoms with Crippen molar-refractivity contribution in [3.8, 4) is 0 Å². The Bertz CT molecular complexity index is 955. The van der Waals surface area contributed by atoms with Crippen molar-refractivity contribution in [3.05, 3.63) is 59.0 Å². The number of imide groups is 1. The first-order valence-electron chi connectivity index (χ1n) is 8.44. The molecule has 1 saturated carbocycles. The predicted molar refractivity (Wildman–Crippen MR) is 93.2 cm³/mol. The Morgan fingerprint density at radius 2 is 1.88 bits per heavy atom. The zero-order valence-corrected chi connectivity index (χ0v) is 14.1. The fourth-order valence-electron chi connectivity index (χ4n) is 3.33. The Morgan fingerprint density at radius 1 is 1.19 bits per heavy atom. The number of carbonyl (C=O) groups is 3. The Kier molecular flexibility index (Phi) is 3.76. The van der Waals surface area contributed by atoms with E-state index in [2.05, 4.69) is 6.92 Å². The number of hydrogen-bond donors (Lipinski definition) is 1. The zero-order chi connectivity index (χ0) is 18.4. The van der Waals surface area contributed by atoms with Gasteiger partial charge in [0.05, 0.1) is 5.57 Å². The van der Waals surface area contributed by atoms with Gasteiger partial charge in [0, 0.05) is 17.0 Å². The van der Waals surface area contributed by atoms with E-state index in [1.54, 1.807) is 36.4 Å². The molecular weight excluding hydrogens is 334 g/mol. The average molecular weight is 351 g/mol. The summed E-state index contributed by atoms with van der Waals surface area (Å²) in [6.45, 7) is 1.48. The number of furan rings is 1. The molecule has 6 heteroatoms. The Morgan fingerprint density at radius 3 is 2.54 bits per heavy atom. The molecule has 1 aliphatic heterocycles. The second kappa shape index (κ2) is 5.98. The van der Waals surface area contributed by atoms with Gasteiger partial charge in [0.25, 0.3) is 11.8 Å². The first-order valence-corrected chi connectivity index (χ1v) is 8.44. The SMILES string of the molecule is C[C@@H]1C[C@H]1c1ccc(/C=C2\C(=O)N(CC(=O)O)C(=O)c3ccccc32)o1. The van der Waals surface area contributed by atoms with E-state index in [9.17, 15) is 14.4 Å². The van der Waals surface area contributed by atoms with Gasteiger partial charge in [-0.25, -0.2) is 0 Å². The van der Waals surface area contributed by atoms with Crippen LogP contribution in [0.25, 0.3) is 11.6 Å². The maximum absolute atomic E-state index is 12.8. The van der Waals surface area contributed by atoms with Crippen molar-refractivity contribution < 1.29 is 23.9 Å². The Labute approximate surface area is 149 Å². The lowest BCUT2D eigenvalue weighted by molar-refractivity contribution is -0.141. The summed E-state index contributed by atoms with van der Waals surface area (Å²) < 4.78 is 5.84. The van der Waals surface area contributed by atoms with Crippen LogP contribution in [0, 0.1) is 5.92 Å². The average Bonchev–Trinajstić information content (AvgIpc) is 3.16. The molecule has 4 rings (SSSR count). The van der Waals surface area contributed by atoms with Crippen LogP contribution in [0.5, 0.6) is 0 Å². The molecule has 0 unspecified atom stereocenters. The van der Waals surface area contributed by atoms with E-state index >= 15 is 0 Å². The second-order valence-electron chi connectivity index (χ2n) is 6.75. The Hall–Kier alpha value is -3.15. The van der Waals surface area contributed by atoms with Crippen LogP contribution in [-0.4, -0.2) is 34.3 Å². The lowest BCUT2D eigenvalue weighted by Crippen LogP contribution is -2.44. The highest BCUT2D eigenvalue weighted by Crippen LogP contribution is 2.47. The lowest BCUT2D eigenvalue weighted by Gasteiger charge is -2.27. The molecule has 2 aromatic rings. The summed E-state index contributed by atoms with van der Waals surface area (Å²) in [4.78, 5) is 37.1. The van der Waals surface area contributed by atoms with Crippen LogP contribution >= 0.6 is 0 Å². The first kappa shape index (κ1) is 16.3. The number of amides is 2. The molecule has 6 nitrogen and oxygen atoms in total. The van der Waals surface area contributed by atoms with Crippen LogP contribution < -0.4 is 0 Å². The van der Waals surface area contributed by atoms with Crippen molar-refractivity contribution in [2.75, 3.05) is 6.54 Å². The molecule has 26 heavy (non-hydrogen) atoms. The summed E-state index contributed by atoms with van der Waals surface area (Å²) in [7, 11) is 0. The van der Waals surface area contributed by atoms with E-state index in [0.29, 0.717) is 28.7 Å². The number of aliphatic carboxylic acids is 1. The largest absolute Gasteiger partial charge is 0.480 e. The maximum atomic E-state index is 12.8. The Balaban J connectivity index is 1.76. The smallest absolute Gasteiger partial charge is 0.323 e. The van der Waals surface area contributed by atoms with E-state index in [0.717, 1.165) is 17.1 Å². The molecular formula is C20H17NO5. The minimum absolute atomic E-state index is 0.256. The number of hydrogen-bond acceptors (Lipinski definition) is 4. The van der Waals surface area contributed by atoms with Crippen molar-refractivity contribution in [3.63, 3.8) is 0 Å². The van der Waals surface area contributed by atoms with Gasteiger partial charge in [-0.2, -0.15) is 0 Å². The number of nitrogens with zero attached hydrogens (tertiary/aromatic N) is 1. The molecule has 1 fully saturated rings. The van der Waals surface area contributed by atoms with E-state index < -0.39 is 24.3 Å². The van der Waals surface area contributed by atoms with Crippen LogP contribution in [0.4, 0.5) is 0 Å². The zero-order valence-electron chi connectivity index (χ0n) is 14.1. The van der Waals surface area contributed by atoms with Crippen LogP contribution in [-0.2, 0) is 9.59 Å². The minimum atomic E-state index is -1.24. The van der Waals surface area contributed by atoms with Gasteiger partial charge in [0.1, 0.15) is 18.1 Å². The predicted octanol–water partition coefficient (Wildman–Crippen LogP) is 3.01. The van der Waals surface area contributed by atoms with E-state index in [4.69, 9.17) is 9.52 Å². The molecule has 1 aromatic heterocycles. The summed E-state index contributed by atoms with van der Waals surface area (Å²) in [6, 6.07) is 10.4. The summed E-state index contributed by atoms with van der Waals surface area (Å²) in [5.41, 5.74) is 1.05. The molecule has 1 N–H and O–H groups in total. The summed E-state index contributed by atoms with van der Waals surface area (Å²) in [6.07, 6.45) is 2.67. The number of benzene rings is 1. The summed E-state index contributed by atoms with van der Waals surface area (Å²) in [5.74, 6) is -0.0513. The number of carboxylic acid groups (broad SMARTS) is 1.